The first-order valence-corrected chi connectivity index (χ1v) is 5.71. The van der Waals surface area contributed by atoms with E-state index < -0.39 is 6.43 Å². The number of halogens is 2. The summed E-state index contributed by atoms with van der Waals surface area (Å²) >= 11 is 0. The number of rotatable bonds is 6. The maximum Gasteiger partial charge on any atom is 0.267 e. The van der Waals surface area contributed by atoms with Gasteiger partial charge in [0.05, 0.1) is 17.8 Å². The zero-order chi connectivity index (χ0) is 13.8. The van der Waals surface area contributed by atoms with Crippen molar-refractivity contribution >= 4 is 5.69 Å². The Hall–Kier alpha value is -1.36. The van der Waals surface area contributed by atoms with Gasteiger partial charge in [0.25, 0.3) is 6.43 Å². The Bertz CT molecular complexity index is 395. The monoisotopic (exact) mass is 259 g/mol. The highest BCUT2D eigenvalue weighted by Gasteiger charge is 2.18. The van der Waals surface area contributed by atoms with Crippen LogP contribution in [-0.2, 0) is 4.74 Å². The first-order chi connectivity index (χ1) is 8.35. The van der Waals surface area contributed by atoms with E-state index in [2.05, 4.69) is 0 Å². The van der Waals surface area contributed by atoms with Crippen molar-refractivity contribution in [3.05, 3.63) is 23.8 Å². The maximum absolute atomic E-state index is 12.8. The topological polar surface area (TPSA) is 44.5 Å². The van der Waals surface area contributed by atoms with Crippen LogP contribution in [0.25, 0.3) is 0 Å². The van der Waals surface area contributed by atoms with Crippen molar-refractivity contribution in [2.45, 2.75) is 32.3 Å². The molecule has 0 spiro atoms. The van der Waals surface area contributed by atoms with Gasteiger partial charge in [0.15, 0.2) is 0 Å². The van der Waals surface area contributed by atoms with Gasteiger partial charge in [-0.1, -0.05) is 0 Å². The highest BCUT2D eigenvalue weighted by molar-refractivity contribution is 5.48. The van der Waals surface area contributed by atoms with Crippen molar-refractivity contribution < 1.29 is 18.3 Å². The molecule has 0 saturated carbocycles. The van der Waals surface area contributed by atoms with Crippen molar-refractivity contribution in [1.82, 2.24) is 0 Å². The van der Waals surface area contributed by atoms with Crippen molar-refractivity contribution in [3.8, 4) is 5.75 Å². The summed E-state index contributed by atoms with van der Waals surface area (Å²) in [5.41, 5.74) is 5.27. The lowest BCUT2D eigenvalue weighted by atomic mass is 10.1. The van der Waals surface area contributed by atoms with Crippen LogP contribution < -0.4 is 10.5 Å². The molecule has 1 aromatic rings. The van der Waals surface area contributed by atoms with E-state index in [1.165, 1.54) is 12.1 Å². The van der Waals surface area contributed by atoms with Gasteiger partial charge in [-0.3, -0.25) is 0 Å². The molecule has 0 bridgehead atoms. The molecule has 1 aromatic carbocycles. The molecule has 0 saturated heterocycles. The largest absolute Gasteiger partial charge is 0.493 e. The molecule has 0 heterocycles. The van der Waals surface area contributed by atoms with Gasteiger partial charge in [0.1, 0.15) is 5.75 Å². The molecule has 0 aliphatic rings. The van der Waals surface area contributed by atoms with E-state index in [-0.39, 0.29) is 16.9 Å². The summed E-state index contributed by atoms with van der Waals surface area (Å²) < 4.78 is 36.1. The van der Waals surface area contributed by atoms with E-state index in [9.17, 15) is 8.78 Å². The summed E-state index contributed by atoms with van der Waals surface area (Å²) in [5, 5.41) is 0. The first-order valence-electron chi connectivity index (χ1n) is 5.71. The van der Waals surface area contributed by atoms with Crippen molar-refractivity contribution in [2.24, 2.45) is 0 Å². The van der Waals surface area contributed by atoms with Gasteiger partial charge in [-0.2, -0.15) is 0 Å². The van der Waals surface area contributed by atoms with Crippen molar-refractivity contribution in [2.75, 3.05) is 19.5 Å². The summed E-state index contributed by atoms with van der Waals surface area (Å²) in [7, 11) is 1.60. The second kappa shape index (κ2) is 6.00. The molecule has 0 aliphatic carbocycles. The molecule has 0 atom stereocenters. The summed E-state index contributed by atoms with van der Waals surface area (Å²) in [4.78, 5) is 0. The molecule has 0 fully saturated rings. The molecule has 0 aromatic heterocycles. The van der Waals surface area contributed by atoms with Crippen LogP contribution in [0.3, 0.4) is 0 Å². The number of alkyl halides is 2. The van der Waals surface area contributed by atoms with E-state index in [1.54, 1.807) is 13.2 Å². The fraction of sp³-hybridized carbons (Fsp3) is 0.538. The van der Waals surface area contributed by atoms with Crippen LogP contribution in [0.2, 0.25) is 0 Å². The molecule has 0 amide bonds. The zero-order valence-corrected chi connectivity index (χ0v) is 10.9. The Labute approximate surface area is 106 Å². The number of anilines is 1. The molecular formula is C13H19F2NO2. The number of benzene rings is 1. The van der Waals surface area contributed by atoms with E-state index in [0.29, 0.717) is 18.7 Å². The summed E-state index contributed by atoms with van der Waals surface area (Å²) in [6, 6.07) is 4.25. The van der Waals surface area contributed by atoms with Crippen LogP contribution in [-0.4, -0.2) is 19.3 Å². The quantitative estimate of drug-likeness (QED) is 0.796. The lowest BCUT2D eigenvalue weighted by molar-refractivity contribution is 0.00512. The number of hydrogen-bond donors (Lipinski definition) is 1. The van der Waals surface area contributed by atoms with E-state index in [4.69, 9.17) is 15.2 Å². The molecule has 0 unspecified atom stereocenters. The minimum Gasteiger partial charge on any atom is -0.493 e. The molecule has 102 valence electrons. The lowest BCUT2D eigenvalue weighted by Gasteiger charge is -2.23. The highest BCUT2D eigenvalue weighted by Crippen LogP contribution is 2.31. The van der Waals surface area contributed by atoms with Gasteiger partial charge in [-0.05, 0) is 32.0 Å². The van der Waals surface area contributed by atoms with Crippen LogP contribution in [0, 0.1) is 0 Å². The Balaban J connectivity index is 2.67. The van der Waals surface area contributed by atoms with E-state index in [1.807, 2.05) is 13.8 Å². The molecular weight excluding hydrogens is 240 g/mol. The van der Waals surface area contributed by atoms with Crippen molar-refractivity contribution in [1.29, 1.82) is 0 Å². The fourth-order valence-corrected chi connectivity index (χ4v) is 1.38. The Kier molecular flexibility index (Phi) is 4.90. The minimum absolute atomic E-state index is 0.172. The van der Waals surface area contributed by atoms with Gasteiger partial charge in [0.2, 0.25) is 0 Å². The van der Waals surface area contributed by atoms with Gasteiger partial charge in [-0.25, -0.2) is 8.78 Å². The smallest absolute Gasteiger partial charge is 0.267 e. The molecule has 2 N–H and O–H groups in total. The van der Waals surface area contributed by atoms with Crippen LogP contribution in [0.5, 0.6) is 5.75 Å². The molecule has 3 nitrogen and oxygen atoms in total. The maximum atomic E-state index is 12.8. The third-order valence-corrected chi connectivity index (χ3v) is 2.78. The fourth-order valence-electron chi connectivity index (χ4n) is 1.38. The number of ether oxygens (including phenoxy) is 2. The minimum atomic E-state index is -2.60. The second-order valence-electron chi connectivity index (χ2n) is 4.66. The predicted molar refractivity (Wildman–Crippen MR) is 67.0 cm³/mol. The average molecular weight is 259 g/mol. The Morgan fingerprint density at radius 2 is 2.00 bits per heavy atom. The normalized spacial score (nSPS) is 11.9. The third kappa shape index (κ3) is 4.14. The summed E-state index contributed by atoms with van der Waals surface area (Å²) in [6.07, 6.45) is -1.99. The molecule has 0 aliphatic heterocycles. The molecule has 1 rings (SSSR count). The van der Waals surface area contributed by atoms with E-state index >= 15 is 0 Å². The Morgan fingerprint density at radius 3 is 2.56 bits per heavy atom. The third-order valence-electron chi connectivity index (χ3n) is 2.78. The van der Waals surface area contributed by atoms with Gasteiger partial charge in [-0.15, -0.1) is 0 Å². The number of methoxy groups -OCH3 is 1. The lowest BCUT2D eigenvalue weighted by Crippen LogP contribution is -2.25. The van der Waals surface area contributed by atoms with Gasteiger partial charge < -0.3 is 15.2 Å². The van der Waals surface area contributed by atoms with Crippen LogP contribution in [0.4, 0.5) is 14.5 Å². The standard InChI is InChI=1S/C13H19F2NO2/c1-13(2,17-3)6-7-18-11-5-4-9(16)8-10(11)12(14)15/h4-5,8,12H,6-7,16H2,1-3H3. The summed E-state index contributed by atoms with van der Waals surface area (Å²) in [6.45, 7) is 4.13. The molecule has 18 heavy (non-hydrogen) atoms. The van der Waals surface area contributed by atoms with Crippen molar-refractivity contribution in [3.63, 3.8) is 0 Å². The molecule has 0 radical (unpaired) electrons. The van der Waals surface area contributed by atoms with Crippen LogP contribution in [0.15, 0.2) is 18.2 Å². The van der Waals surface area contributed by atoms with Crippen LogP contribution in [0.1, 0.15) is 32.3 Å². The van der Waals surface area contributed by atoms with Gasteiger partial charge in [0, 0.05) is 19.2 Å². The Morgan fingerprint density at radius 1 is 1.33 bits per heavy atom. The van der Waals surface area contributed by atoms with Gasteiger partial charge >= 0.3 is 0 Å². The molecule has 5 heteroatoms. The SMILES string of the molecule is COC(C)(C)CCOc1ccc(N)cc1C(F)F. The number of nitrogen functional groups attached to an aromatic ring is 1. The average Bonchev–Trinajstić information content (AvgIpc) is 2.30. The van der Waals surface area contributed by atoms with E-state index in [0.717, 1.165) is 0 Å². The number of hydrogen-bond acceptors (Lipinski definition) is 3. The predicted octanol–water partition coefficient (Wildman–Crippen LogP) is 3.40. The zero-order valence-electron chi connectivity index (χ0n) is 10.9. The summed E-state index contributed by atoms with van der Waals surface area (Å²) in [5.74, 6) is 0.172. The number of nitrogens with two attached hydrogens (primary N) is 1. The second-order valence-corrected chi connectivity index (χ2v) is 4.66. The van der Waals surface area contributed by atoms with Crippen LogP contribution >= 0.6 is 0 Å². The highest BCUT2D eigenvalue weighted by atomic mass is 19.3. The first kappa shape index (κ1) is 14.7.